The van der Waals surface area contributed by atoms with E-state index in [0.717, 1.165) is 11.3 Å². The van der Waals surface area contributed by atoms with Crippen molar-refractivity contribution < 1.29 is 4.79 Å². The maximum atomic E-state index is 10.8. The molecule has 2 amide bonds. The Hall–Kier alpha value is -1.91. The van der Waals surface area contributed by atoms with Gasteiger partial charge < -0.3 is 16.4 Å². The molecule has 2 rings (SSSR count). The normalized spacial score (nSPS) is 11.8. The number of nitrogens with two attached hydrogens (primary N) is 1. The van der Waals surface area contributed by atoms with Crippen LogP contribution in [0.4, 0.5) is 16.2 Å². The molecule has 110 valence electrons. The molecular weight excluding hydrogens is 309 g/mol. The second-order valence-electron chi connectivity index (χ2n) is 4.61. The third-order valence-corrected chi connectivity index (χ3v) is 3.72. The molecule has 0 fully saturated rings. The van der Waals surface area contributed by atoms with Gasteiger partial charge in [0.1, 0.15) is 0 Å². The molecule has 0 heterocycles. The molecule has 0 radical (unpaired) electrons. The average Bonchev–Trinajstić information content (AvgIpc) is 2.43. The van der Waals surface area contributed by atoms with Crippen LogP contribution in [-0.2, 0) is 0 Å². The van der Waals surface area contributed by atoms with Gasteiger partial charge in [0.15, 0.2) is 0 Å². The van der Waals surface area contributed by atoms with Gasteiger partial charge in [-0.3, -0.25) is 0 Å². The Bertz CT molecular complexity index is 644. The Morgan fingerprint density at radius 2 is 1.67 bits per heavy atom. The molecule has 2 aromatic carbocycles. The van der Waals surface area contributed by atoms with E-state index in [1.54, 1.807) is 24.3 Å². The summed E-state index contributed by atoms with van der Waals surface area (Å²) in [4.78, 5) is 10.8. The molecular formula is C15H15Cl2N3O. The number of hydrogen-bond donors (Lipinski definition) is 3. The van der Waals surface area contributed by atoms with Crippen molar-refractivity contribution in [1.29, 1.82) is 0 Å². The minimum absolute atomic E-state index is 0.0740. The summed E-state index contributed by atoms with van der Waals surface area (Å²) in [5.74, 6) is 0. The van der Waals surface area contributed by atoms with Crippen molar-refractivity contribution in [2.24, 2.45) is 5.73 Å². The lowest BCUT2D eigenvalue weighted by molar-refractivity contribution is 0.259. The van der Waals surface area contributed by atoms with E-state index in [4.69, 9.17) is 28.9 Å². The van der Waals surface area contributed by atoms with Crippen LogP contribution >= 0.6 is 23.2 Å². The number of primary amides is 1. The first-order valence-corrected chi connectivity index (χ1v) is 7.09. The van der Waals surface area contributed by atoms with E-state index >= 15 is 0 Å². The predicted molar refractivity (Wildman–Crippen MR) is 88.1 cm³/mol. The number of hydrogen-bond acceptors (Lipinski definition) is 2. The van der Waals surface area contributed by atoms with Crippen LogP contribution in [0.2, 0.25) is 10.0 Å². The summed E-state index contributed by atoms with van der Waals surface area (Å²) in [6.07, 6.45) is 0. The lowest BCUT2D eigenvalue weighted by atomic mass is 10.1. The van der Waals surface area contributed by atoms with Crippen LogP contribution in [0.5, 0.6) is 0 Å². The number of anilines is 2. The molecule has 0 bridgehead atoms. The highest BCUT2D eigenvalue weighted by molar-refractivity contribution is 6.42. The average molecular weight is 324 g/mol. The highest BCUT2D eigenvalue weighted by Crippen LogP contribution is 2.27. The molecule has 0 saturated carbocycles. The van der Waals surface area contributed by atoms with Gasteiger partial charge in [-0.05, 0) is 42.8 Å². The van der Waals surface area contributed by atoms with Gasteiger partial charge in [0.05, 0.1) is 10.0 Å². The van der Waals surface area contributed by atoms with Gasteiger partial charge in [0.25, 0.3) is 0 Å². The number of rotatable bonds is 4. The number of carbonyl (C=O) groups excluding carboxylic acids is 1. The van der Waals surface area contributed by atoms with Crippen molar-refractivity contribution in [3.05, 3.63) is 58.1 Å². The molecule has 4 nitrogen and oxygen atoms in total. The maximum absolute atomic E-state index is 10.8. The van der Waals surface area contributed by atoms with Crippen LogP contribution in [0.1, 0.15) is 18.5 Å². The zero-order chi connectivity index (χ0) is 15.4. The van der Waals surface area contributed by atoms with Gasteiger partial charge in [0, 0.05) is 17.4 Å². The van der Waals surface area contributed by atoms with Crippen LogP contribution in [0.25, 0.3) is 0 Å². The number of amides is 2. The highest BCUT2D eigenvalue weighted by atomic mass is 35.5. The smallest absolute Gasteiger partial charge is 0.316 e. The van der Waals surface area contributed by atoms with E-state index in [1.165, 1.54) is 0 Å². The Morgan fingerprint density at radius 3 is 2.24 bits per heavy atom. The Balaban J connectivity index is 2.07. The summed E-state index contributed by atoms with van der Waals surface area (Å²) in [6, 6.07) is 12.3. The number of carbonyl (C=O) groups is 1. The van der Waals surface area contributed by atoms with Gasteiger partial charge in [-0.15, -0.1) is 0 Å². The molecule has 1 atom stereocenters. The van der Waals surface area contributed by atoms with E-state index < -0.39 is 6.03 Å². The molecule has 0 aliphatic carbocycles. The van der Waals surface area contributed by atoms with Crippen LogP contribution in [0, 0.1) is 0 Å². The van der Waals surface area contributed by atoms with Crippen LogP contribution in [-0.4, -0.2) is 6.03 Å². The van der Waals surface area contributed by atoms with E-state index in [2.05, 4.69) is 10.6 Å². The summed E-state index contributed by atoms with van der Waals surface area (Å²) >= 11 is 11.9. The first-order valence-electron chi connectivity index (χ1n) is 6.33. The molecule has 0 aliphatic rings. The SMILES string of the molecule is CC(Nc1ccc(Cl)c(Cl)c1)c1ccc(NC(N)=O)cc1. The van der Waals surface area contributed by atoms with E-state index in [1.807, 2.05) is 25.1 Å². The zero-order valence-corrected chi connectivity index (χ0v) is 12.9. The monoisotopic (exact) mass is 323 g/mol. The van der Waals surface area contributed by atoms with Crippen LogP contribution < -0.4 is 16.4 Å². The fourth-order valence-electron chi connectivity index (χ4n) is 1.92. The van der Waals surface area contributed by atoms with Gasteiger partial charge in [-0.2, -0.15) is 0 Å². The second-order valence-corrected chi connectivity index (χ2v) is 5.42. The fraction of sp³-hybridized carbons (Fsp3) is 0.133. The topological polar surface area (TPSA) is 67.2 Å². The molecule has 1 unspecified atom stereocenters. The minimum atomic E-state index is -0.579. The van der Waals surface area contributed by atoms with Crippen molar-refractivity contribution in [2.75, 3.05) is 10.6 Å². The lowest BCUT2D eigenvalue weighted by Gasteiger charge is -2.16. The summed E-state index contributed by atoms with van der Waals surface area (Å²) in [5, 5.41) is 6.89. The lowest BCUT2D eigenvalue weighted by Crippen LogP contribution is -2.19. The molecule has 0 spiro atoms. The zero-order valence-electron chi connectivity index (χ0n) is 11.4. The Labute approximate surface area is 133 Å². The van der Waals surface area contributed by atoms with Crippen LogP contribution in [0.3, 0.4) is 0 Å². The van der Waals surface area contributed by atoms with Gasteiger partial charge in [0.2, 0.25) is 0 Å². The Kier molecular flexibility index (Phi) is 4.94. The molecule has 0 aromatic heterocycles. The molecule has 0 aliphatic heterocycles. The summed E-state index contributed by atoms with van der Waals surface area (Å²) in [6.45, 7) is 2.03. The number of nitrogens with one attached hydrogen (secondary N) is 2. The third-order valence-electron chi connectivity index (χ3n) is 2.98. The van der Waals surface area contributed by atoms with E-state index in [9.17, 15) is 4.79 Å². The van der Waals surface area contributed by atoms with Crippen molar-refractivity contribution in [2.45, 2.75) is 13.0 Å². The molecule has 2 aromatic rings. The van der Waals surface area contributed by atoms with Crippen molar-refractivity contribution in [3.63, 3.8) is 0 Å². The Morgan fingerprint density at radius 1 is 1.05 bits per heavy atom. The molecule has 0 saturated heterocycles. The summed E-state index contributed by atoms with van der Waals surface area (Å²) in [7, 11) is 0. The minimum Gasteiger partial charge on any atom is -0.378 e. The first kappa shape index (κ1) is 15.5. The third kappa shape index (κ3) is 4.28. The second kappa shape index (κ2) is 6.70. The largest absolute Gasteiger partial charge is 0.378 e. The van der Waals surface area contributed by atoms with E-state index in [0.29, 0.717) is 15.7 Å². The number of benzene rings is 2. The highest BCUT2D eigenvalue weighted by Gasteiger charge is 2.07. The fourth-order valence-corrected chi connectivity index (χ4v) is 2.21. The summed E-state index contributed by atoms with van der Waals surface area (Å²) < 4.78 is 0. The number of urea groups is 1. The molecule has 4 N–H and O–H groups in total. The summed E-state index contributed by atoms with van der Waals surface area (Å²) in [5.41, 5.74) is 7.68. The first-order chi connectivity index (χ1) is 9.95. The maximum Gasteiger partial charge on any atom is 0.316 e. The van der Waals surface area contributed by atoms with Crippen molar-refractivity contribution in [1.82, 2.24) is 0 Å². The van der Waals surface area contributed by atoms with E-state index in [-0.39, 0.29) is 6.04 Å². The van der Waals surface area contributed by atoms with Gasteiger partial charge >= 0.3 is 6.03 Å². The van der Waals surface area contributed by atoms with Crippen LogP contribution in [0.15, 0.2) is 42.5 Å². The standard InChI is InChI=1S/C15H15Cl2N3O/c1-9(19-12-6-7-13(16)14(17)8-12)10-2-4-11(5-3-10)20-15(18)21/h2-9,19H,1H3,(H3,18,20,21). The van der Waals surface area contributed by atoms with Crippen molar-refractivity contribution >= 4 is 40.6 Å². The molecule has 21 heavy (non-hydrogen) atoms. The quantitative estimate of drug-likeness (QED) is 0.766. The predicted octanol–water partition coefficient (Wildman–Crippen LogP) is 4.66. The van der Waals surface area contributed by atoms with Gasteiger partial charge in [-0.1, -0.05) is 35.3 Å². The number of halogens is 2. The van der Waals surface area contributed by atoms with Crippen molar-refractivity contribution in [3.8, 4) is 0 Å². The van der Waals surface area contributed by atoms with Gasteiger partial charge in [-0.25, -0.2) is 4.79 Å². The molecule has 6 heteroatoms.